The summed E-state index contributed by atoms with van der Waals surface area (Å²) in [5.41, 5.74) is 0. The van der Waals surface area contributed by atoms with Gasteiger partial charge >= 0.3 is 0 Å². The SMILES string of the molecule is CCCCN1CC(CC)CCC1=O. The average Bonchev–Trinajstić information content (AvgIpc) is 2.17. The van der Waals surface area contributed by atoms with Gasteiger partial charge in [0.25, 0.3) is 0 Å². The van der Waals surface area contributed by atoms with Crippen molar-refractivity contribution in [1.82, 2.24) is 4.90 Å². The molecule has 13 heavy (non-hydrogen) atoms. The number of carbonyl (C=O) groups is 1. The fourth-order valence-corrected chi connectivity index (χ4v) is 1.89. The minimum atomic E-state index is 0.373. The van der Waals surface area contributed by atoms with Crippen molar-refractivity contribution in [3.63, 3.8) is 0 Å². The summed E-state index contributed by atoms with van der Waals surface area (Å²) in [4.78, 5) is 13.5. The average molecular weight is 183 g/mol. The quantitative estimate of drug-likeness (QED) is 0.655. The van der Waals surface area contributed by atoms with E-state index in [4.69, 9.17) is 0 Å². The lowest BCUT2D eigenvalue weighted by Gasteiger charge is -2.32. The van der Waals surface area contributed by atoms with E-state index < -0.39 is 0 Å². The first-order valence-electron chi connectivity index (χ1n) is 5.55. The fraction of sp³-hybridized carbons (Fsp3) is 0.909. The molecule has 1 saturated heterocycles. The molecular formula is C11H21NO. The van der Waals surface area contributed by atoms with Crippen LogP contribution in [0.15, 0.2) is 0 Å². The number of likely N-dealkylation sites (tertiary alicyclic amines) is 1. The van der Waals surface area contributed by atoms with Crippen LogP contribution in [0.3, 0.4) is 0 Å². The van der Waals surface area contributed by atoms with E-state index in [0.29, 0.717) is 5.91 Å². The van der Waals surface area contributed by atoms with E-state index in [-0.39, 0.29) is 0 Å². The number of hydrogen-bond acceptors (Lipinski definition) is 1. The summed E-state index contributed by atoms with van der Waals surface area (Å²) in [5, 5.41) is 0. The second-order valence-electron chi connectivity index (χ2n) is 4.01. The van der Waals surface area contributed by atoms with Crippen molar-refractivity contribution in [3.05, 3.63) is 0 Å². The first-order valence-corrected chi connectivity index (χ1v) is 5.55. The number of rotatable bonds is 4. The molecule has 0 bridgehead atoms. The third kappa shape index (κ3) is 3.02. The van der Waals surface area contributed by atoms with E-state index in [1.165, 1.54) is 12.8 Å². The zero-order chi connectivity index (χ0) is 9.68. The molecule has 0 aromatic heterocycles. The lowest BCUT2D eigenvalue weighted by Crippen LogP contribution is -2.40. The maximum atomic E-state index is 11.5. The Morgan fingerprint density at radius 3 is 2.85 bits per heavy atom. The van der Waals surface area contributed by atoms with Crippen LogP contribution in [-0.4, -0.2) is 23.9 Å². The molecule has 0 radical (unpaired) electrons. The molecule has 0 aliphatic carbocycles. The first-order chi connectivity index (χ1) is 6.27. The van der Waals surface area contributed by atoms with Crippen molar-refractivity contribution in [3.8, 4) is 0 Å². The topological polar surface area (TPSA) is 20.3 Å². The van der Waals surface area contributed by atoms with Gasteiger partial charge in [-0.3, -0.25) is 4.79 Å². The van der Waals surface area contributed by atoms with Gasteiger partial charge in [-0.25, -0.2) is 0 Å². The number of unbranched alkanes of at least 4 members (excludes halogenated alkanes) is 1. The van der Waals surface area contributed by atoms with E-state index in [1.54, 1.807) is 0 Å². The van der Waals surface area contributed by atoms with Crippen molar-refractivity contribution in [2.45, 2.75) is 46.0 Å². The lowest BCUT2D eigenvalue weighted by atomic mass is 9.95. The number of piperidine rings is 1. The monoisotopic (exact) mass is 183 g/mol. The first kappa shape index (κ1) is 10.6. The Morgan fingerprint density at radius 2 is 2.23 bits per heavy atom. The summed E-state index contributed by atoms with van der Waals surface area (Å²) in [6.45, 7) is 6.38. The van der Waals surface area contributed by atoms with E-state index >= 15 is 0 Å². The van der Waals surface area contributed by atoms with Gasteiger partial charge in [-0.1, -0.05) is 26.7 Å². The number of nitrogens with zero attached hydrogens (tertiary/aromatic N) is 1. The van der Waals surface area contributed by atoms with Gasteiger partial charge in [0.2, 0.25) is 5.91 Å². The largest absolute Gasteiger partial charge is 0.342 e. The number of amides is 1. The summed E-state index contributed by atoms with van der Waals surface area (Å²) in [5.74, 6) is 1.13. The molecule has 1 rings (SSSR count). The summed E-state index contributed by atoms with van der Waals surface area (Å²) in [6.07, 6.45) is 5.44. The second-order valence-corrected chi connectivity index (χ2v) is 4.01. The van der Waals surface area contributed by atoms with E-state index in [0.717, 1.165) is 38.3 Å². The molecule has 76 valence electrons. The molecule has 0 aromatic carbocycles. The van der Waals surface area contributed by atoms with Crippen molar-refractivity contribution < 1.29 is 4.79 Å². The molecule has 1 aliphatic heterocycles. The predicted octanol–water partition coefficient (Wildman–Crippen LogP) is 2.44. The highest BCUT2D eigenvalue weighted by Gasteiger charge is 2.23. The predicted molar refractivity (Wildman–Crippen MR) is 54.5 cm³/mol. The minimum absolute atomic E-state index is 0.373. The zero-order valence-corrected chi connectivity index (χ0v) is 8.88. The molecule has 2 heteroatoms. The van der Waals surface area contributed by atoms with Crippen LogP contribution >= 0.6 is 0 Å². The summed E-state index contributed by atoms with van der Waals surface area (Å²) >= 11 is 0. The molecule has 0 aromatic rings. The highest BCUT2D eigenvalue weighted by atomic mass is 16.2. The van der Waals surface area contributed by atoms with Crippen LogP contribution in [0, 0.1) is 5.92 Å². The Balaban J connectivity index is 2.36. The second kappa shape index (κ2) is 5.25. The van der Waals surface area contributed by atoms with Gasteiger partial charge in [0.15, 0.2) is 0 Å². The van der Waals surface area contributed by atoms with Gasteiger partial charge < -0.3 is 4.90 Å². The molecule has 1 atom stereocenters. The van der Waals surface area contributed by atoms with Crippen LogP contribution in [0.1, 0.15) is 46.0 Å². The van der Waals surface area contributed by atoms with Gasteiger partial charge in [-0.05, 0) is 18.8 Å². The Hall–Kier alpha value is -0.530. The molecule has 0 spiro atoms. The van der Waals surface area contributed by atoms with Crippen molar-refractivity contribution in [2.75, 3.05) is 13.1 Å². The van der Waals surface area contributed by atoms with Crippen LogP contribution in [0.4, 0.5) is 0 Å². The number of hydrogen-bond donors (Lipinski definition) is 0. The van der Waals surface area contributed by atoms with Gasteiger partial charge in [-0.2, -0.15) is 0 Å². The lowest BCUT2D eigenvalue weighted by molar-refractivity contribution is -0.134. The van der Waals surface area contributed by atoms with Gasteiger partial charge in [0.05, 0.1) is 0 Å². The Morgan fingerprint density at radius 1 is 1.46 bits per heavy atom. The van der Waals surface area contributed by atoms with E-state index in [9.17, 15) is 4.79 Å². The smallest absolute Gasteiger partial charge is 0.222 e. The molecule has 1 amide bonds. The Bertz CT molecular complexity index is 167. The minimum Gasteiger partial charge on any atom is -0.342 e. The highest BCUT2D eigenvalue weighted by molar-refractivity contribution is 5.76. The fourth-order valence-electron chi connectivity index (χ4n) is 1.89. The molecule has 0 N–H and O–H groups in total. The van der Waals surface area contributed by atoms with Crippen LogP contribution in [0.25, 0.3) is 0 Å². The van der Waals surface area contributed by atoms with Crippen LogP contribution in [-0.2, 0) is 4.79 Å². The standard InChI is InChI=1S/C11H21NO/c1-3-5-8-12-9-10(4-2)6-7-11(12)13/h10H,3-9H2,1-2H3. The summed E-state index contributed by atoms with van der Waals surface area (Å²) in [6, 6.07) is 0. The van der Waals surface area contributed by atoms with Crippen LogP contribution < -0.4 is 0 Å². The molecule has 2 nitrogen and oxygen atoms in total. The third-order valence-corrected chi connectivity index (χ3v) is 2.96. The van der Waals surface area contributed by atoms with Crippen molar-refractivity contribution >= 4 is 5.91 Å². The normalized spacial score (nSPS) is 23.7. The summed E-state index contributed by atoms with van der Waals surface area (Å²) in [7, 11) is 0. The Kier molecular flexibility index (Phi) is 4.26. The van der Waals surface area contributed by atoms with E-state index in [1.807, 2.05) is 0 Å². The molecule has 1 aliphatic rings. The summed E-state index contributed by atoms with van der Waals surface area (Å²) < 4.78 is 0. The Labute approximate surface area is 81.3 Å². The van der Waals surface area contributed by atoms with E-state index in [2.05, 4.69) is 18.7 Å². The van der Waals surface area contributed by atoms with Gasteiger partial charge in [0, 0.05) is 19.5 Å². The van der Waals surface area contributed by atoms with Crippen LogP contribution in [0.5, 0.6) is 0 Å². The van der Waals surface area contributed by atoms with Gasteiger partial charge in [0.1, 0.15) is 0 Å². The zero-order valence-electron chi connectivity index (χ0n) is 8.88. The molecule has 1 fully saturated rings. The van der Waals surface area contributed by atoms with Crippen LogP contribution in [0.2, 0.25) is 0 Å². The van der Waals surface area contributed by atoms with Crippen molar-refractivity contribution in [2.24, 2.45) is 5.92 Å². The number of carbonyl (C=O) groups excluding carboxylic acids is 1. The third-order valence-electron chi connectivity index (χ3n) is 2.96. The molecular weight excluding hydrogens is 162 g/mol. The molecule has 1 unspecified atom stereocenters. The van der Waals surface area contributed by atoms with Gasteiger partial charge in [-0.15, -0.1) is 0 Å². The molecule has 1 heterocycles. The maximum Gasteiger partial charge on any atom is 0.222 e. The maximum absolute atomic E-state index is 11.5. The van der Waals surface area contributed by atoms with Crippen molar-refractivity contribution in [1.29, 1.82) is 0 Å². The highest BCUT2D eigenvalue weighted by Crippen LogP contribution is 2.20. The molecule has 0 saturated carbocycles.